The average Bonchev–Trinajstić information content (AvgIpc) is 3.24. The molecular formula is C18H21F5N6O3. The van der Waals surface area contributed by atoms with E-state index in [1.165, 1.54) is 4.90 Å². The molecule has 0 saturated carbocycles. The molecule has 4 rings (SSSR count). The van der Waals surface area contributed by atoms with Crippen LogP contribution in [0.2, 0.25) is 0 Å². The van der Waals surface area contributed by atoms with Crippen molar-refractivity contribution in [3.63, 3.8) is 0 Å². The number of likely N-dealkylation sites (tertiary alicyclic amines) is 1. The summed E-state index contributed by atoms with van der Waals surface area (Å²) in [4.78, 5) is 29.1. The number of nitrogens with zero attached hydrogens (tertiary/aromatic N) is 6. The number of hydrogen-bond donors (Lipinski definition) is 1. The van der Waals surface area contributed by atoms with E-state index in [1.807, 2.05) is 29.3 Å². The van der Waals surface area contributed by atoms with Gasteiger partial charge in [-0.3, -0.25) is 14.4 Å². The number of amides is 1. The minimum atomic E-state index is -5.08. The van der Waals surface area contributed by atoms with Crippen LogP contribution in [0.3, 0.4) is 0 Å². The van der Waals surface area contributed by atoms with Gasteiger partial charge in [0.1, 0.15) is 6.04 Å². The van der Waals surface area contributed by atoms with E-state index in [-0.39, 0.29) is 5.91 Å². The summed E-state index contributed by atoms with van der Waals surface area (Å²) in [7, 11) is 1.89. The van der Waals surface area contributed by atoms with E-state index in [2.05, 4.69) is 15.0 Å². The molecule has 2 aliphatic rings. The predicted molar refractivity (Wildman–Crippen MR) is 98.5 cm³/mol. The van der Waals surface area contributed by atoms with Gasteiger partial charge in [-0.2, -0.15) is 18.3 Å². The third-order valence-electron chi connectivity index (χ3n) is 5.07. The molecule has 2 aromatic heterocycles. The van der Waals surface area contributed by atoms with Crippen molar-refractivity contribution in [1.82, 2.24) is 29.1 Å². The van der Waals surface area contributed by atoms with E-state index in [0.29, 0.717) is 19.6 Å². The van der Waals surface area contributed by atoms with Crippen LogP contribution in [0.25, 0.3) is 0 Å². The van der Waals surface area contributed by atoms with Gasteiger partial charge in [-0.1, -0.05) is 0 Å². The number of fused-ring (bicyclic) bond motifs is 1. The molecule has 1 N–H and O–H groups in total. The summed E-state index contributed by atoms with van der Waals surface area (Å²) in [6, 6.07) is 1.50. The molecule has 1 unspecified atom stereocenters. The molecule has 9 nitrogen and oxygen atoms in total. The Bertz CT molecular complexity index is 994. The van der Waals surface area contributed by atoms with Crippen LogP contribution in [0.4, 0.5) is 22.0 Å². The lowest BCUT2D eigenvalue weighted by molar-refractivity contribution is -0.192. The summed E-state index contributed by atoms with van der Waals surface area (Å²) < 4.78 is 61.6. The van der Waals surface area contributed by atoms with Gasteiger partial charge >= 0.3 is 12.1 Å². The second-order valence-corrected chi connectivity index (χ2v) is 7.73. The number of carbonyl (C=O) groups is 2. The number of aromatic nitrogens is 4. The highest BCUT2D eigenvalue weighted by Crippen LogP contribution is 2.31. The summed E-state index contributed by atoms with van der Waals surface area (Å²) >= 11 is 0. The average molecular weight is 464 g/mol. The maximum atomic E-state index is 13.1. The fraction of sp³-hybridized carbons (Fsp3) is 0.556. The van der Waals surface area contributed by atoms with Gasteiger partial charge in [0.25, 0.3) is 5.92 Å². The highest BCUT2D eigenvalue weighted by Gasteiger charge is 2.48. The fourth-order valence-corrected chi connectivity index (χ4v) is 3.60. The summed E-state index contributed by atoms with van der Waals surface area (Å²) in [5.41, 5.74) is 2.90. The van der Waals surface area contributed by atoms with Crippen molar-refractivity contribution in [2.45, 2.75) is 38.2 Å². The molecule has 0 bridgehead atoms. The monoisotopic (exact) mass is 464 g/mol. The van der Waals surface area contributed by atoms with Crippen molar-refractivity contribution >= 4 is 11.9 Å². The van der Waals surface area contributed by atoms with Gasteiger partial charge in [0.15, 0.2) is 0 Å². The summed E-state index contributed by atoms with van der Waals surface area (Å²) in [5.74, 6) is -5.78. The topological polar surface area (TPSA) is 96.5 Å². The van der Waals surface area contributed by atoms with Gasteiger partial charge in [-0.05, 0) is 13.0 Å². The normalized spacial score (nSPS) is 20.1. The number of rotatable bonds is 3. The van der Waals surface area contributed by atoms with E-state index >= 15 is 0 Å². The Hall–Kier alpha value is -3.03. The number of aliphatic carboxylic acids is 1. The first-order chi connectivity index (χ1) is 14.8. The van der Waals surface area contributed by atoms with Crippen LogP contribution in [0.1, 0.15) is 23.1 Å². The molecule has 1 amide bonds. The zero-order chi connectivity index (χ0) is 23.8. The summed E-state index contributed by atoms with van der Waals surface area (Å²) in [6.45, 7) is 2.72. The van der Waals surface area contributed by atoms with Crippen LogP contribution in [0.15, 0.2) is 18.6 Å². The van der Waals surface area contributed by atoms with Crippen molar-refractivity contribution in [3.8, 4) is 0 Å². The van der Waals surface area contributed by atoms with E-state index in [9.17, 15) is 26.7 Å². The first-order valence-electron chi connectivity index (χ1n) is 9.46. The SMILES string of the molecule is Cc1cc(CN2Cc3cncn3C(C(=O)N3CC(F)(F)C3)C2)n(C)n1.O=C(O)C(F)(F)F. The number of carboxylic acid groups (broad SMARTS) is 1. The molecule has 2 aromatic rings. The van der Waals surface area contributed by atoms with Crippen molar-refractivity contribution in [1.29, 1.82) is 0 Å². The minimum Gasteiger partial charge on any atom is -0.475 e. The molecule has 4 heterocycles. The van der Waals surface area contributed by atoms with Crippen LogP contribution in [-0.4, -0.2) is 77.8 Å². The fourth-order valence-electron chi connectivity index (χ4n) is 3.60. The Kier molecular flexibility index (Phi) is 6.26. The Balaban J connectivity index is 0.000000360. The molecule has 0 radical (unpaired) electrons. The lowest BCUT2D eigenvalue weighted by Gasteiger charge is -2.42. The third-order valence-corrected chi connectivity index (χ3v) is 5.07. The first-order valence-corrected chi connectivity index (χ1v) is 9.46. The third kappa shape index (κ3) is 5.23. The molecule has 1 saturated heterocycles. The molecule has 0 aliphatic carbocycles. The predicted octanol–water partition coefficient (Wildman–Crippen LogP) is 1.59. The minimum absolute atomic E-state index is 0.268. The molecular weight excluding hydrogens is 443 g/mol. The maximum absolute atomic E-state index is 13.1. The van der Waals surface area contributed by atoms with E-state index in [4.69, 9.17) is 9.90 Å². The number of alkyl halides is 5. The molecule has 0 aromatic carbocycles. The zero-order valence-electron chi connectivity index (χ0n) is 17.2. The lowest BCUT2D eigenvalue weighted by Crippen LogP contribution is -2.61. The number of hydrogen-bond acceptors (Lipinski definition) is 5. The quantitative estimate of drug-likeness (QED) is 0.694. The Labute approximate surface area is 179 Å². The Morgan fingerprint density at radius 1 is 1.28 bits per heavy atom. The summed E-state index contributed by atoms with van der Waals surface area (Å²) in [6.07, 6.45) is -1.74. The molecule has 1 atom stereocenters. The highest BCUT2D eigenvalue weighted by molar-refractivity contribution is 5.82. The lowest BCUT2D eigenvalue weighted by atomic mass is 10.1. The number of imidazole rings is 1. The molecule has 0 spiro atoms. The second kappa shape index (κ2) is 8.48. The van der Waals surface area contributed by atoms with Gasteiger partial charge in [0, 0.05) is 32.9 Å². The van der Waals surface area contributed by atoms with Crippen LogP contribution in [-0.2, 0) is 29.7 Å². The van der Waals surface area contributed by atoms with Gasteiger partial charge in [0.05, 0.1) is 36.5 Å². The van der Waals surface area contributed by atoms with E-state index in [0.717, 1.165) is 17.1 Å². The van der Waals surface area contributed by atoms with Gasteiger partial charge in [-0.25, -0.2) is 18.6 Å². The van der Waals surface area contributed by atoms with E-state index < -0.39 is 37.2 Å². The van der Waals surface area contributed by atoms with Gasteiger partial charge in [-0.15, -0.1) is 0 Å². The maximum Gasteiger partial charge on any atom is 0.490 e. The number of carboxylic acids is 1. The van der Waals surface area contributed by atoms with Crippen LogP contribution >= 0.6 is 0 Å². The molecule has 176 valence electrons. The number of carbonyl (C=O) groups excluding carboxylic acids is 1. The molecule has 32 heavy (non-hydrogen) atoms. The largest absolute Gasteiger partial charge is 0.490 e. The smallest absolute Gasteiger partial charge is 0.475 e. The standard InChI is InChI=1S/C16H20F2N6O.C2HF3O2/c1-11-3-12(21(2)20-11)5-22-6-13-4-19-10-24(13)14(7-22)15(25)23-8-16(17,18)9-23;3-2(4,5)1(6)7/h3-4,10,14H,5-9H2,1-2H3;(H,6,7). The number of aryl methyl sites for hydroxylation is 2. The molecule has 14 heteroatoms. The Morgan fingerprint density at radius 3 is 2.41 bits per heavy atom. The highest BCUT2D eigenvalue weighted by atomic mass is 19.4. The van der Waals surface area contributed by atoms with Crippen LogP contribution < -0.4 is 0 Å². The van der Waals surface area contributed by atoms with Crippen LogP contribution in [0, 0.1) is 6.92 Å². The van der Waals surface area contributed by atoms with Crippen molar-refractivity contribution in [3.05, 3.63) is 35.7 Å². The molecule has 2 aliphatic heterocycles. The Morgan fingerprint density at radius 2 is 1.91 bits per heavy atom. The second-order valence-electron chi connectivity index (χ2n) is 7.73. The number of halogens is 5. The molecule has 1 fully saturated rings. The zero-order valence-corrected chi connectivity index (χ0v) is 17.2. The van der Waals surface area contributed by atoms with Crippen molar-refractivity contribution in [2.24, 2.45) is 7.05 Å². The first kappa shape index (κ1) is 23.6. The van der Waals surface area contributed by atoms with E-state index in [1.54, 1.807) is 12.5 Å². The van der Waals surface area contributed by atoms with Gasteiger partial charge < -0.3 is 14.6 Å². The van der Waals surface area contributed by atoms with Crippen molar-refractivity contribution in [2.75, 3.05) is 19.6 Å². The van der Waals surface area contributed by atoms with Gasteiger partial charge in [0.2, 0.25) is 5.91 Å². The van der Waals surface area contributed by atoms with Crippen molar-refractivity contribution < 1.29 is 36.6 Å². The summed E-state index contributed by atoms with van der Waals surface area (Å²) in [5, 5.41) is 11.5. The van der Waals surface area contributed by atoms with Crippen LogP contribution in [0.5, 0.6) is 0 Å².